The number of benzene rings is 1. The molecule has 1 aromatic carbocycles. The van der Waals surface area contributed by atoms with Crippen LogP contribution in [0.1, 0.15) is 31.7 Å². The molecule has 2 aliphatic rings. The first-order chi connectivity index (χ1) is 17.3. The van der Waals surface area contributed by atoms with E-state index in [1.807, 2.05) is 19.1 Å². The number of nitrogens with one attached hydrogen (secondary N) is 3. The van der Waals surface area contributed by atoms with Gasteiger partial charge in [-0.3, -0.25) is 9.36 Å². The molecular weight excluding hydrogens is 471 g/mol. The lowest BCUT2D eigenvalue weighted by Gasteiger charge is -2.21. The minimum atomic E-state index is -4.48. The van der Waals surface area contributed by atoms with E-state index >= 15 is 0 Å². The van der Waals surface area contributed by atoms with Gasteiger partial charge in [-0.05, 0) is 56.0 Å². The van der Waals surface area contributed by atoms with Crippen LogP contribution in [0.25, 0.3) is 5.82 Å². The van der Waals surface area contributed by atoms with Crippen LogP contribution < -0.4 is 16.0 Å². The monoisotopic (exact) mass is 495 g/mol. The molecule has 0 aliphatic heterocycles. The van der Waals surface area contributed by atoms with Crippen LogP contribution in [0.15, 0.2) is 72.5 Å². The Kier molecular flexibility index (Phi) is 6.21. The minimum absolute atomic E-state index is 0.0962. The predicted molar refractivity (Wildman–Crippen MR) is 129 cm³/mol. The van der Waals surface area contributed by atoms with Gasteiger partial charge in [0.2, 0.25) is 11.9 Å². The lowest BCUT2D eigenvalue weighted by molar-refractivity contribution is -0.137. The van der Waals surface area contributed by atoms with Gasteiger partial charge in [-0.1, -0.05) is 12.1 Å². The third kappa shape index (κ3) is 5.40. The molecule has 0 bridgehead atoms. The molecule has 0 radical (unpaired) electrons. The van der Waals surface area contributed by atoms with Crippen molar-refractivity contribution in [2.24, 2.45) is 5.92 Å². The second-order valence-corrected chi connectivity index (χ2v) is 8.80. The molecule has 2 aromatic heterocycles. The standard InChI is InChI=1S/C25H24F3N7O/c1-15-5-6-16(23(36)33-19-4-2-3-17(12-19)25(26,27)28)11-20(15)34-24-29-9-10-35(24)22-13-21(30-14-31-22)32-18-7-8-18/h2-5,9-14,16,18H,6-8H2,1H3,(H,29,34)(H,33,36)(H,30,31,32). The maximum Gasteiger partial charge on any atom is 0.416 e. The van der Waals surface area contributed by atoms with E-state index in [2.05, 4.69) is 30.9 Å². The van der Waals surface area contributed by atoms with Gasteiger partial charge in [-0.25, -0.2) is 15.0 Å². The predicted octanol–water partition coefficient (Wildman–Crippen LogP) is 5.16. The molecule has 2 aliphatic carbocycles. The second kappa shape index (κ2) is 9.48. The maximum atomic E-state index is 13.0. The summed E-state index contributed by atoms with van der Waals surface area (Å²) in [5.41, 5.74) is 0.887. The molecule has 3 N–H and O–H groups in total. The summed E-state index contributed by atoms with van der Waals surface area (Å²) in [4.78, 5) is 25.9. The number of imidazole rings is 1. The number of carbonyl (C=O) groups excluding carboxylic acids is 1. The van der Waals surface area contributed by atoms with Gasteiger partial charge in [0.1, 0.15) is 18.0 Å². The summed E-state index contributed by atoms with van der Waals surface area (Å²) in [7, 11) is 0. The molecule has 2 heterocycles. The van der Waals surface area contributed by atoms with Crippen molar-refractivity contribution >= 4 is 23.4 Å². The van der Waals surface area contributed by atoms with Crippen LogP contribution in [-0.4, -0.2) is 31.5 Å². The van der Waals surface area contributed by atoms with Crippen molar-refractivity contribution in [1.29, 1.82) is 0 Å². The first kappa shape index (κ1) is 23.6. The molecule has 11 heteroatoms. The van der Waals surface area contributed by atoms with Gasteiger partial charge < -0.3 is 16.0 Å². The summed E-state index contributed by atoms with van der Waals surface area (Å²) in [5, 5.41) is 9.20. The first-order valence-electron chi connectivity index (χ1n) is 11.5. The van der Waals surface area contributed by atoms with Crippen LogP contribution in [0.2, 0.25) is 0 Å². The van der Waals surface area contributed by atoms with Crippen molar-refractivity contribution in [1.82, 2.24) is 19.5 Å². The van der Waals surface area contributed by atoms with Crippen molar-refractivity contribution in [2.75, 3.05) is 16.0 Å². The van der Waals surface area contributed by atoms with Crippen molar-refractivity contribution < 1.29 is 18.0 Å². The molecule has 5 rings (SSSR count). The fraction of sp³-hybridized carbons (Fsp3) is 0.280. The van der Waals surface area contributed by atoms with Gasteiger partial charge in [0.25, 0.3) is 0 Å². The highest BCUT2D eigenvalue weighted by atomic mass is 19.4. The maximum absolute atomic E-state index is 13.0. The molecule has 1 saturated carbocycles. The van der Waals surface area contributed by atoms with Crippen LogP contribution >= 0.6 is 0 Å². The zero-order valence-corrected chi connectivity index (χ0v) is 19.4. The van der Waals surface area contributed by atoms with E-state index in [1.54, 1.807) is 23.0 Å². The molecule has 0 saturated heterocycles. The van der Waals surface area contributed by atoms with Gasteiger partial charge >= 0.3 is 6.18 Å². The molecule has 3 aromatic rings. The summed E-state index contributed by atoms with van der Waals surface area (Å²) in [6, 6.07) is 6.89. The summed E-state index contributed by atoms with van der Waals surface area (Å²) in [5.74, 6) is 0.908. The Bertz CT molecular complexity index is 1340. The average Bonchev–Trinajstić information content (AvgIpc) is 3.54. The third-order valence-electron chi connectivity index (χ3n) is 5.98. The Balaban J connectivity index is 1.32. The van der Waals surface area contributed by atoms with Crippen LogP contribution in [0.5, 0.6) is 0 Å². The van der Waals surface area contributed by atoms with Crippen LogP contribution in [0, 0.1) is 5.92 Å². The van der Waals surface area contributed by atoms with E-state index in [9.17, 15) is 18.0 Å². The SMILES string of the molecule is CC1=CCC(C(=O)Nc2cccc(C(F)(F)F)c2)C=C1Nc1nccn1-c1cc(NC2CC2)ncn1. The summed E-state index contributed by atoms with van der Waals surface area (Å²) in [6.45, 7) is 1.91. The zero-order chi connectivity index (χ0) is 25.3. The fourth-order valence-corrected chi connectivity index (χ4v) is 3.84. The summed E-state index contributed by atoms with van der Waals surface area (Å²) >= 11 is 0. The Morgan fingerprint density at radius 1 is 1.14 bits per heavy atom. The van der Waals surface area contributed by atoms with Crippen LogP contribution in [0.3, 0.4) is 0 Å². The Labute approximate surface area is 205 Å². The lowest BCUT2D eigenvalue weighted by atomic mass is 9.94. The fourth-order valence-electron chi connectivity index (χ4n) is 3.84. The van der Waals surface area contributed by atoms with E-state index in [1.165, 1.54) is 18.5 Å². The highest BCUT2D eigenvalue weighted by Gasteiger charge is 2.31. The normalized spacial score (nSPS) is 17.7. The van der Waals surface area contributed by atoms with Crippen molar-refractivity contribution in [2.45, 2.75) is 38.4 Å². The topological polar surface area (TPSA) is 96.8 Å². The molecular formula is C25H24F3N7O. The number of allylic oxidation sites excluding steroid dienone is 2. The van der Waals surface area contributed by atoms with E-state index in [4.69, 9.17) is 0 Å². The minimum Gasteiger partial charge on any atom is -0.367 e. The first-order valence-corrected chi connectivity index (χ1v) is 11.5. The molecule has 1 unspecified atom stereocenters. The Morgan fingerprint density at radius 3 is 2.75 bits per heavy atom. The highest BCUT2D eigenvalue weighted by Crippen LogP contribution is 2.31. The molecule has 8 nitrogen and oxygen atoms in total. The van der Waals surface area contributed by atoms with E-state index in [0.29, 0.717) is 29.9 Å². The number of carbonyl (C=O) groups is 1. The van der Waals surface area contributed by atoms with Gasteiger partial charge in [0.15, 0.2) is 0 Å². The second-order valence-electron chi connectivity index (χ2n) is 8.80. The van der Waals surface area contributed by atoms with Crippen LogP contribution in [0.4, 0.5) is 30.6 Å². The smallest absolute Gasteiger partial charge is 0.367 e. The number of amides is 1. The van der Waals surface area contributed by atoms with Crippen molar-refractivity contribution in [3.8, 4) is 5.82 Å². The Hall–Kier alpha value is -4.15. The Morgan fingerprint density at radius 2 is 1.97 bits per heavy atom. The number of anilines is 3. The van der Waals surface area contributed by atoms with Gasteiger partial charge in [0.05, 0.1) is 11.5 Å². The van der Waals surface area contributed by atoms with Crippen molar-refractivity contribution in [3.05, 3.63) is 78.0 Å². The van der Waals surface area contributed by atoms with Gasteiger partial charge in [-0.2, -0.15) is 13.2 Å². The van der Waals surface area contributed by atoms with Gasteiger partial charge in [0, 0.05) is 35.9 Å². The van der Waals surface area contributed by atoms with E-state index in [-0.39, 0.29) is 5.69 Å². The number of alkyl halides is 3. The molecule has 36 heavy (non-hydrogen) atoms. The molecule has 0 spiro atoms. The number of hydrogen-bond donors (Lipinski definition) is 3. The number of hydrogen-bond acceptors (Lipinski definition) is 6. The number of rotatable bonds is 7. The van der Waals surface area contributed by atoms with E-state index in [0.717, 1.165) is 36.4 Å². The largest absolute Gasteiger partial charge is 0.416 e. The number of halogens is 3. The van der Waals surface area contributed by atoms with Gasteiger partial charge in [-0.15, -0.1) is 0 Å². The number of aromatic nitrogens is 4. The number of nitrogens with zero attached hydrogens (tertiary/aromatic N) is 4. The molecule has 1 atom stereocenters. The highest BCUT2D eigenvalue weighted by molar-refractivity contribution is 5.94. The lowest BCUT2D eigenvalue weighted by Crippen LogP contribution is -2.24. The molecule has 1 fully saturated rings. The summed E-state index contributed by atoms with van der Waals surface area (Å²) in [6.07, 6.45) is 6.76. The van der Waals surface area contributed by atoms with Crippen molar-refractivity contribution in [3.63, 3.8) is 0 Å². The quantitative estimate of drug-likeness (QED) is 0.419. The summed E-state index contributed by atoms with van der Waals surface area (Å²) < 4.78 is 40.8. The molecule has 186 valence electrons. The average molecular weight is 496 g/mol. The molecule has 1 amide bonds. The van der Waals surface area contributed by atoms with Crippen LogP contribution in [-0.2, 0) is 11.0 Å². The third-order valence-corrected chi connectivity index (χ3v) is 5.98. The van der Waals surface area contributed by atoms with E-state index < -0.39 is 23.6 Å². The zero-order valence-electron chi connectivity index (χ0n) is 19.4.